The van der Waals surface area contributed by atoms with Gasteiger partial charge in [-0.25, -0.2) is 4.79 Å². The molecule has 37 heavy (non-hydrogen) atoms. The molecular weight excluding hydrogens is 520 g/mol. The molecule has 0 aliphatic carbocycles. The first-order valence-electron chi connectivity index (χ1n) is 11.4. The van der Waals surface area contributed by atoms with E-state index >= 15 is 0 Å². The van der Waals surface area contributed by atoms with Crippen LogP contribution in [0, 0.1) is 10.1 Å². The molecule has 1 aliphatic rings. The normalized spacial score (nSPS) is 13.2. The highest BCUT2D eigenvalue weighted by molar-refractivity contribution is 7.80. The van der Waals surface area contributed by atoms with Crippen molar-refractivity contribution in [1.82, 2.24) is 10.2 Å². The standard InChI is InChI=1S/C25H23ClN4O6S/c1-2-35-24(32)17-6-7-19(20(15-17)30(33)34)28-10-12-29(13-11-28)25(37)27-23(31)22-9-8-21(36-22)16-4-3-5-18(26)14-16/h3-9,14-15H,2,10-13H2,1H3,(H,27,31,37). The van der Waals surface area contributed by atoms with Crippen LogP contribution in [0.4, 0.5) is 11.4 Å². The first kappa shape index (κ1) is 26.1. The molecule has 1 saturated heterocycles. The largest absolute Gasteiger partial charge is 0.462 e. The molecule has 1 aliphatic heterocycles. The lowest BCUT2D eigenvalue weighted by atomic mass is 10.1. The van der Waals surface area contributed by atoms with E-state index in [-0.39, 0.29) is 28.7 Å². The molecule has 10 nitrogen and oxygen atoms in total. The second-order valence-electron chi connectivity index (χ2n) is 8.09. The number of carbonyl (C=O) groups excluding carboxylic acids is 2. The summed E-state index contributed by atoms with van der Waals surface area (Å²) in [7, 11) is 0. The summed E-state index contributed by atoms with van der Waals surface area (Å²) >= 11 is 11.4. The number of nitrogens with one attached hydrogen (secondary N) is 1. The van der Waals surface area contributed by atoms with Gasteiger partial charge in [0.15, 0.2) is 10.9 Å². The van der Waals surface area contributed by atoms with Crippen molar-refractivity contribution in [2.24, 2.45) is 0 Å². The first-order chi connectivity index (χ1) is 17.8. The summed E-state index contributed by atoms with van der Waals surface area (Å²) in [5.74, 6) is -0.485. The Morgan fingerprint density at radius 2 is 1.89 bits per heavy atom. The van der Waals surface area contributed by atoms with Gasteiger partial charge in [-0.05, 0) is 55.5 Å². The quantitative estimate of drug-likeness (QED) is 0.207. The molecule has 1 N–H and O–H groups in total. The summed E-state index contributed by atoms with van der Waals surface area (Å²) in [6.07, 6.45) is 0. The van der Waals surface area contributed by atoms with Crippen molar-refractivity contribution in [3.63, 3.8) is 0 Å². The zero-order valence-corrected chi connectivity index (χ0v) is 21.4. The van der Waals surface area contributed by atoms with E-state index in [0.717, 1.165) is 5.56 Å². The summed E-state index contributed by atoms with van der Waals surface area (Å²) in [5, 5.41) is 15.1. The van der Waals surface area contributed by atoms with E-state index in [0.29, 0.717) is 42.6 Å². The van der Waals surface area contributed by atoms with Gasteiger partial charge in [-0.3, -0.25) is 20.2 Å². The minimum atomic E-state index is -0.612. The molecule has 0 saturated carbocycles. The van der Waals surface area contributed by atoms with E-state index in [1.165, 1.54) is 12.1 Å². The lowest BCUT2D eigenvalue weighted by Crippen LogP contribution is -2.52. The number of nitro groups is 1. The lowest BCUT2D eigenvalue weighted by molar-refractivity contribution is -0.384. The number of halogens is 1. The van der Waals surface area contributed by atoms with Gasteiger partial charge in [0.2, 0.25) is 0 Å². The molecule has 2 heterocycles. The predicted molar refractivity (Wildman–Crippen MR) is 142 cm³/mol. The fourth-order valence-electron chi connectivity index (χ4n) is 3.92. The van der Waals surface area contributed by atoms with Gasteiger partial charge in [-0.15, -0.1) is 0 Å². The zero-order valence-electron chi connectivity index (χ0n) is 19.8. The number of furan rings is 1. The van der Waals surface area contributed by atoms with Gasteiger partial charge in [0, 0.05) is 42.8 Å². The minimum Gasteiger partial charge on any atom is -0.462 e. The first-order valence-corrected chi connectivity index (χ1v) is 12.2. The Labute approximate surface area is 222 Å². The van der Waals surface area contributed by atoms with Crippen molar-refractivity contribution in [1.29, 1.82) is 0 Å². The summed E-state index contributed by atoms with van der Waals surface area (Å²) < 4.78 is 10.6. The van der Waals surface area contributed by atoms with Crippen molar-refractivity contribution in [3.05, 3.63) is 81.1 Å². The maximum absolute atomic E-state index is 12.7. The van der Waals surface area contributed by atoms with E-state index in [9.17, 15) is 19.7 Å². The second kappa shape index (κ2) is 11.4. The molecule has 0 radical (unpaired) electrons. The van der Waals surface area contributed by atoms with Crippen LogP contribution in [-0.2, 0) is 4.74 Å². The fraction of sp³-hybridized carbons (Fsp3) is 0.240. The topological polar surface area (TPSA) is 118 Å². The van der Waals surface area contributed by atoms with Gasteiger partial charge in [0.1, 0.15) is 11.4 Å². The molecule has 0 spiro atoms. The number of hydrogen-bond acceptors (Lipinski definition) is 8. The van der Waals surface area contributed by atoms with E-state index < -0.39 is 16.8 Å². The Hall–Kier alpha value is -3.96. The van der Waals surface area contributed by atoms with Crippen molar-refractivity contribution < 1.29 is 23.7 Å². The van der Waals surface area contributed by atoms with E-state index in [4.69, 9.17) is 33.0 Å². The van der Waals surface area contributed by atoms with Crippen LogP contribution in [0.25, 0.3) is 11.3 Å². The van der Waals surface area contributed by atoms with Gasteiger partial charge in [0.05, 0.1) is 17.1 Å². The third-order valence-corrected chi connectivity index (χ3v) is 6.35. The third kappa shape index (κ3) is 6.07. The maximum Gasteiger partial charge on any atom is 0.338 e. The van der Waals surface area contributed by atoms with Gasteiger partial charge in [0.25, 0.3) is 11.6 Å². The third-order valence-electron chi connectivity index (χ3n) is 5.75. The van der Waals surface area contributed by atoms with Crippen molar-refractivity contribution in [2.75, 3.05) is 37.7 Å². The van der Waals surface area contributed by atoms with Crippen molar-refractivity contribution in [2.45, 2.75) is 6.92 Å². The summed E-state index contributed by atoms with van der Waals surface area (Å²) in [4.78, 5) is 39.5. The van der Waals surface area contributed by atoms with Gasteiger partial charge in [-0.2, -0.15) is 0 Å². The van der Waals surface area contributed by atoms with Gasteiger partial charge >= 0.3 is 5.97 Å². The average molecular weight is 543 g/mol. The van der Waals surface area contributed by atoms with Crippen LogP contribution in [0.5, 0.6) is 0 Å². The molecule has 0 bridgehead atoms. The molecule has 12 heteroatoms. The fourth-order valence-corrected chi connectivity index (χ4v) is 4.39. The van der Waals surface area contributed by atoms with E-state index in [1.807, 2.05) is 15.9 Å². The number of carbonyl (C=O) groups is 2. The molecule has 0 unspecified atom stereocenters. The Bertz CT molecular complexity index is 1350. The molecule has 1 aromatic heterocycles. The molecule has 4 rings (SSSR count). The molecule has 0 atom stereocenters. The number of hydrogen-bond donors (Lipinski definition) is 1. The monoisotopic (exact) mass is 542 g/mol. The van der Waals surface area contributed by atoms with Crippen LogP contribution in [0.1, 0.15) is 27.8 Å². The lowest BCUT2D eigenvalue weighted by Gasteiger charge is -2.36. The zero-order chi connectivity index (χ0) is 26.5. The number of benzene rings is 2. The van der Waals surface area contributed by atoms with Crippen LogP contribution in [-0.4, -0.2) is 59.6 Å². The van der Waals surface area contributed by atoms with Crippen LogP contribution in [0.2, 0.25) is 5.02 Å². The molecule has 3 aromatic rings. The maximum atomic E-state index is 12.7. The van der Waals surface area contributed by atoms with Crippen molar-refractivity contribution >= 4 is 52.2 Å². The molecule has 2 aromatic carbocycles. The summed E-state index contributed by atoms with van der Waals surface area (Å²) in [6.45, 7) is 3.56. The van der Waals surface area contributed by atoms with Crippen LogP contribution >= 0.6 is 23.8 Å². The summed E-state index contributed by atoms with van der Waals surface area (Å²) in [5.41, 5.74) is 1.09. The SMILES string of the molecule is CCOC(=O)c1ccc(N2CCN(C(=S)NC(=O)c3ccc(-c4cccc(Cl)c4)o3)CC2)c([N+](=O)[O-])c1. The molecular formula is C25H23ClN4O6S. The number of esters is 1. The molecule has 1 fully saturated rings. The summed E-state index contributed by atoms with van der Waals surface area (Å²) in [6, 6.07) is 14.6. The second-order valence-corrected chi connectivity index (χ2v) is 8.91. The van der Waals surface area contributed by atoms with Gasteiger partial charge in [-0.1, -0.05) is 23.7 Å². The Balaban J connectivity index is 1.37. The number of piperazine rings is 1. The van der Waals surface area contributed by atoms with E-state index in [1.54, 1.807) is 43.3 Å². The number of rotatable bonds is 6. The molecule has 192 valence electrons. The Morgan fingerprint density at radius 1 is 1.14 bits per heavy atom. The Morgan fingerprint density at radius 3 is 2.57 bits per heavy atom. The number of anilines is 1. The minimum absolute atomic E-state index is 0.105. The average Bonchev–Trinajstić information content (AvgIpc) is 3.39. The van der Waals surface area contributed by atoms with Crippen LogP contribution < -0.4 is 10.2 Å². The van der Waals surface area contributed by atoms with Crippen molar-refractivity contribution in [3.8, 4) is 11.3 Å². The van der Waals surface area contributed by atoms with E-state index in [2.05, 4.69) is 5.32 Å². The number of amides is 1. The number of ether oxygens (including phenoxy) is 1. The van der Waals surface area contributed by atoms with Crippen LogP contribution in [0.3, 0.4) is 0 Å². The smallest absolute Gasteiger partial charge is 0.338 e. The highest BCUT2D eigenvalue weighted by Gasteiger charge is 2.27. The predicted octanol–water partition coefficient (Wildman–Crippen LogP) is 4.52. The van der Waals surface area contributed by atoms with Gasteiger partial charge < -0.3 is 19.0 Å². The number of nitro benzene ring substituents is 1. The highest BCUT2D eigenvalue weighted by Crippen LogP contribution is 2.30. The Kier molecular flexibility index (Phi) is 8.04. The highest BCUT2D eigenvalue weighted by atomic mass is 35.5. The number of thiocarbonyl (C=S) groups is 1. The number of nitrogens with zero attached hydrogens (tertiary/aromatic N) is 3. The molecule has 1 amide bonds. The van der Waals surface area contributed by atoms with Crippen LogP contribution in [0.15, 0.2) is 59.0 Å².